The Morgan fingerprint density at radius 3 is 2.77 bits per heavy atom. The molecule has 8 heteroatoms. The van der Waals surface area contributed by atoms with E-state index in [-0.39, 0.29) is 0 Å². The van der Waals surface area contributed by atoms with E-state index in [2.05, 4.69) is 35.5 Å². The third-order valence-electron chi connectivity index (χ3n) is 5.74. The molecule has 0 aliphatic heterocycles. The molecule has 0 fully saturated rings. The number of thiophene rings is 1. The molecule has 0 spiro atoms. The molecule has 1 aliphatic carbocycles. The van der Waals surface area contributed by atoms with Gasteiger partial charge in [-0.2, -0.15) is 0 Å². The zero-order valence-corrected chi connectivity index (χ0v) is 20.5. The summed E-state index contributed by atoms with van der Waals surface area (Å²) in [5, 5.41) is 12.5. The number of hydrogen-bond acceptors (Lipinski definition) is 7. The molecule has 0 bridgehead atoms. The molecule has 0 radical (unpaired) electrons. The maximum Gasteiger partial charge on any atom is 0.198 e. The van der Waals surface area contributed by atoms with Crippen LogP contribution in [0.2, 0.25) is 0 Å². The van der Waals surface area contributed by atoms with Crippen molar-refractivity contribution in [1.82, 2.24) is 19.6 Å². The van der Waals surface area contributed by atoms with Crippen LogP contribution in [0.15, 0.2) is 34.6 Å². The molecule has 31 heavy (non-hydrogen) atoms. The van der Waals surface area contributed by atoms with Gasteiger partial charge in [0, 0.05) is 16.4 Å². The second kappa shape index (κ2) is 9.00. The van der Waals surface area contributed by atoms with E-state index in [9.17, 15) is 0 Å². The number of hydrogen-bond donors (Lipinski definition) is 0. The van der Waals surface area contributed by atoms with Crippen LogP contribution in [-0.4, -0.2) is 32.4 Å². The van der Waals surface area contributed by atoms with E-state index >= 15 is 0 Å². The molecule has 0 N–H and O–H groups in total. The van der Waals surface area contributed by atoms with E-state index in [0.717, 1.165) is 50.9 Å². The van der Waals surface area contributed by atoms with Crippen molar-refractivity contribution in [3.8, 4) is 5.75 Å². The SMILES string of the molecule is CCCSc1nc2sc3c(c2c2nnc(SCc4ccc(OC)cc4)n12)C(C)CCC3. The molecule has 4 aromatic rings. The lowest BCUT2D eigenvalue weighted by atomic mass is 9.87. The van der Waals surface area contributed by atoms with E-state index < -0.39 is 0 Å². The van der Waals surface area contributed by atoms with Gasteiger partial charge in [0.2, 0.25) is 0 Å². The van der Waals surface area contributed by atoms with Gasteiger partial charge in [0.25, 0.3) is 0 Å². The van der Waals surface area contributed by atoms with Crippen molar-refractivity contribution < 1.29 is 4.74 Å². The number of methoxy groups -OCH3 is 1. The van der Waals surface area contributed by atoms with Gasteiger partial charge in [-0.15, -0.1) is 21.5 Å². The molecule has 0 amide bonds. The molecule has 1 aliphatic rings. The fourth-order valence-electron chi connectivity index (χ4n) is 4.19. The molecule has 0 saturated heterocycles. The number of thioether (sulfide) groups is 2. The molecule has 5 rings (SSSR count). The van der Waals surface area contributed by atoms with Crippen LogP contribution in [-0.2, 0) is 12.2 Å². The summed E-state index contributed by atoms with van der Waals surface area (Å²) in [5.41, 5.74) is 3.68. The Balaban J connectivity index is 1.58. The van der Waals surface area contributed by atoms with Crippen LogP contribution in [0.25, 0.3) is 15.9 Å². The molecule has 5 nitrogen and oxygen atoms in total. The minimum atomic E-state index is 0.560. The second-order valence-electron chi connectivity index (χ2n) is 7.93. The van der Waals surface area contributed by atoms with Crippen molar-refractivity contribution in [2.75, 3.05) is 12.9 Å². The lowest BCUT2D eigenvalue weighted by Gasteiger charge is -2.18. The minimum absolute atomic E-state index is 0.560. The Morgan fingerprint density at radius 1 is 1.16 bits per heavy atom. The predicted octanol–water partition coefficient (Wildman–Crippen LogP) is 6.58. The summed E-state index contributed by atoms with van der Waals surface area (Å²) in [4.78, 5) is 7.75. The van der Waals surface area contributed by atoms with Crippen LogP contribution in [0.3, 0.4) is 0 Å². The van der Waals surface area contributed by atoms with Crippen molar-refractivity contribution in [3.63, 3.8) is 0 Å². The second-order valence-corrected chi connectivity index (χ2v) is 11.0. The molecular weight excluding hydrogens is 444 g/mol. The zero-order valence-electron chi connectivity index (χ0n) is 18.1. The van der Waals surface area contributed by atoms with Crippen LogP contribution in [0.4, 0.5) is 0 Å². The zero-order chi connectivity index (χ0) is 21.4. The van der Waals surface area contributed by atoms with Gasteiger partial charge in [-0.1, -0.05) is 49.5 Å². The third-order valence-corrected chi connectivity index (χ3v) is 9.05. The van der Waals surface area contributed by atoms with Crippen LogP contribution in [0, 0.1) is 0 Å². The highest BCUT2D eigenvalue weighted by Crippen LogP contribution is 2.44. The summed E-state index contributed by atoms with van der Waals surface area (Å²) in [7, 11) is 1.69. The maximum atomic E-state index is 5.27. The summed E-state index contributed by atoms with van der Waals surface area (Å²) in [5.74, 6) is 3.31. The van der Waals surface area contributed by atoms with E-state index in [1.54, 1.807) is 30.6 Å². The fourth-order valence-corrected chi connectivity index (χ4v) is 7.36. The largest absolute Gasteiger partial charge is 0.497 e. The normalized spacial score (nSPS) is 16.2. The number of benzene rings is 1. The Hall–Kier alpha value is -1.77. The van der Waals surface area contributed by atoms with E-state index in [4.69, 9.17) is 14.8 Å². The molecule has 1 aromatic carbocycles. The topological polar surface area (TPSA) is 52.3 Å². The maximum absolute atomic E-state index is 5.27. The van der Waals surface area contributed by atoms with E-state index in [1.807, 2.05) is 23.5 Å². The van der Waals surface area contributed by atoms with Gasteiger partial charge in [0.15, 0.2) is 16.0 Å². The average molecular weight is 471 g/mol. The molecule has 0 saturated carbocycles. The van der Waals surface area contributed by atoms with Gasteiger partial charge in [-0.25, -0.2) is 9.38 Å². The quantitative estimate of drug-likeness (QED) is 0.225. The van der Waals surface area contributed by atoms with Crippen molar-refractivity contribution in [3.05, 3.63) is 40.3 Å². The first-order valence-electron chi connectivity index (χ1n) is 10.8. The van der Waals surface area contributed by atoms with Gasteiger partial charge in [-0.3, -0.25) is 0 Å². The lowest BCUT2D eigenvalue weighted by Crippen LogP contribution is -2.05. The number of nitrogens with zero attached hydrogens (tertiary/aromatic N) is 4. The first kappa shape index (κ1) is 21.1. The number of aromatic nitrogens is 4. The van der Waals surface area contributed by atoms with E-state index in [0.29, 0.717) is 5.92 Å². The Labute approximate surface area is 195 Å². The van der Waals surface area contributed by atoms with Crippen LogP contribution in [0.5, 0.6) is 5.75 Å². The monoisotopic (exact) mass is 470 g/mol. The first-order valence-corrected chi connectivity index (χ1v) is 13.6. The van der Waals surface area contributed by atoms with E-state index in [1.165, 1.54) is 34.2 Å². The van der Waals surface area contributed by atoms with Crippen molar-refractivity contribution >= 4 is 50.7 Å². The molecule has 3 heterocycles. The van der Waals surface area contributed by atoms with Crippen LogP contribution < -0.4 is 4.74 Å². The molecule has 3 aromatic heterocycles. The number of rotatable bonds is 7. The molecule has 162 valence electrons. The van der Waals surface area contributed by atoms with Gasteiger partial charge >= 0.3 is 0 Å². The van der Waals surface area contributed by atoms with Crippen LogP contribution >= 0.6 is 34.9 Å². The predicted molar refractivity (Wildman–Crippen MR) is 131 cm³/mol. The summed E-state index contributed by atoms with van der Waals surface area (Å²) in [6, 6.07) is 8.22. The first-order chi connectivity index (χ1) is 15.2. The fraction of sp³-hybridized carbons (Fsp3) is 0.435. The summed E-state index contributed by atoms with van der Waals surface area (Å²) in [6.07, 6.45) is 4.78. The highest BCUT2D eigenvalue weighted by Gasteiger charge is 2.27. The lowest BCUT2D eigenvalue weighted by molar-refractivity contribution is 0.414. The highest BCUT2D eigenvalue weighted by atomic mass is 32.2. The number of fused-ring (bicyclic) bond motifs is 5. The minimum Gasteiger partial charge on any atom is -0.497 e. The molecule has 1 unspecified atom stereocenters. The van der Waals surface area contributed by atoms with Gasteiger partial charge in [0.05, 0.1) is 12.5 Å². The van der Waals surface area contributed by atoms with Gasteiger partial charge in [0.1, 0.15) is 10.6 Å². The smallest absolute Gasteiger partial charge is 0.198 e. The summed E-state index contributed by atoms with van der Waals surface area (Å²) in [6.45, 7) is 4.55. The Morgan fingerprint density at radius 2 is 2.00 bits per heavy atom. The third kappa shape index (κ3) is 3.94. The van der Waals surface area contributed by atoms with Gasteiger partial charge < -0.3 is 4.74 Å². The molecular formula is C23H26N4OS3. The molecule has 1 atom stereocenters. The number of aryl methyl sites for hydroxylation is 1. The Bertz CT molecular complexity index is 1220. The highest BCUT2D eigenvalue weighted by molar-refractivity contribution is 7.99. The van der Waals surface area contributed by atoms with Crippen LogP contribution in [0.1, 0.15) is 55.0 Å². The van der Waals surface area contributed by atoms with Gasteiger partial charge in [-0.05, 0) is 54.9 Å². The van der Waals surface area contributed by atoms with Crippen molar-refractivity contribution in [2.45, 2.75) is 61.5 Å². The van der Waals surface area contributed by atoms with Crippen molar-refractivity contribution in [1.29, 1.82) is 0 Å². The van der Waals surface area contributed by atoms with Crippen molar-refractivity contribution in [2.24, 2.45) is 0 Å². The number of ether oxygens (including phenoxy) is 1. The summed E-state index contributed by atoms with van der Waals surface area (Å²) < 4.78 is 7.47. The summed E-state index contributed by atoms with van der Waals surface area (Å²) >= 11 is 5.39. The average Bonchev–Trinajstić information content (AvgIpc) is 3.38. The standard InChI is InChI=1S/C23H26N4OS3/c1-4-12-29-22-24-21-19(18-14(2)6-5-7-17(18)31-21)20-25-26-23(27(20)22)30-13-15-8-10-16(28-3)11-9-15/h8-11,14H,4-7,12-13H2,1-3H3. The Kier molecular flexibility index (Phi) is 6.12.